The fourth-order valence-electron chi connectivity index (χ4n) is 5.66. The molecular formula is C25H24N6O3S. The molecule has 5 heterocycles. The van der Waals surface area contributed by atoms with Gasteiger partial charge < -0.3 is 10.2 Å². The third-order valence-electron chi connectivity index (χ3n) is 7.49. The maximum Gasteiger partial charge on any atom is 0.270 e. The molecule has 1 spiro atoms. The summed E-state index contributed by atoms with van der Waals surface area (Å²) < 4.78 is 1.71. The Morgan fingerprint density at radius 2 is 2.00 bits per heavy atom. The summed E-state index contributed by atoms with van der Waals surface area (Å²) in [5, 5.41) is 12.9. The highest BCUT2D eigenvalue weighted by Gasteiger charge is 2.46. The summed E-state index contributed by atoms with van der Waals surface area (Å²) >= 11 is 1.33. The van der Waals surface area contributed by atoms with E-state index in [2.05, 4.69) is 21.4 Å². The van der Waals surface area contributed by atoms with Crippen molar-refractivity contribution in [3.8, 4) is 6.07 Å². The average Bonchev–Trinajstić information content (AvgIpc) is 3.52. The van der Waals surface area contributed by atoms with Crippen LogP contribution in [0.3, 0.4) is 0 Å². The van der Waals surface area contributed by atoms with Crippen molar-refractivity contribution < 1.29 is 9.59 Å². The van der Waals surface area contributed by atoms with E-state index in [-0.39, 0.29) is 23.3 Å². The molecule has 2 aliphatic heterocycles. The maximum absolute atomic E-state index is 13.5. The van der Waals surface area contributed by atoms with Crippen molar-refractivity contribution >= 4 is 33.4 Å². The van der Waals surface area contributed by atoms with Gasteiger partial charge in [-0.05, 0) is 63.1 Å². The Balaban J connectivity index is 1.29. The summed E-state index contributed by atoms with van der Waals surface area (Å²) in [6.45, 7) is 2.81. The highest BCUT2D eigenvalue weighted by atomic mass is 32.1. The zero-order chi connectivity index (χ0) is 24.3. The largest absolute Gasteiger partial charge is 0.335 e. The highest BCUT2D eigenvalue weighted by Crippen LogP contribution is 2.38. The summed E-state index contributed by atoms with van der Waals surface area (Å²) in [5.74, 6) is -0.339. The van der Waals surface area contributed by atoms with E-state index in [0.29, 0.717) is 42.1 Å². The Bertz CT molecular complexity index is 1490. The minimum absolute atomic E-state index is 0.0861. The topological polar surface area (TPSA) is 121 Å². The van der Waals surface area contributed by atoms with Gasteiger partial charge in [-0.3, -0.25) is 19.0 Å². The van der Waals surface area contributed by atoms with Gasteiger partial charge in [-0.15, -0.1) is 11.3 Å². The molecular weight excluding hydrogens is 464 g/mol. The number of nitrogens with one attached hydrogen (secondary N) is 1. The van der Waals surface area contributed by atoms with E-state index in [4.69, 9.17) is 5.26 Å². The first-order valence-corrected chi connectivity index (χ1v) is 12.7. The number of aromatic nitrogens is 3. The number of hydrogen-bond donors (Lipinski definition) is 1. The number of thiophene rings is 1. The second-order valence-corrected chi connectivity index (χ2v) is 10.8. The van der Waals surface area contributed by atoms with Crippen LogP contribution in [0.5, 0.6) is 0 Å². The van der Waals surface area contributed by atoms with Gasteiger partial charge in [0.25, 0.3) is 17.4 Å². The third kappa shape index (κ3) is 3.37. The Morgan fingerprint density at radius 3 is 2.74 bits per heavy atom. The van der Waals surface area contributed by atoms with Crippen molar-refractivity contribution in [3.05, 3.63) is 56.2 Å². The minimum atomic E-state index is -0.587. The quantitative estimate of drug-likeness (QED) is 0.602. The van der Waals surface area contributed by atoms with E-state index in [0.717, 1.165) is 47.2 Å². The second-order valence-electron chi connectivity index (χ2n) is 9.72. The predicted octanol–water partition coefficient (Wildman–Crippen LogP) is 2.51. The lowest BCUT2D eigenvalue weighted by molar-refractivity contribution is 0.0582. The Labute approximate surface area is 205 Å². The molecule has 2 fully saturated rings. The lowest BCUT2D eigenvalue weighted by atomic mass is 10.0. The number of nitriles is 1. The molecule has 0 bridgehead atoms. The molecule has 0 aromatic carbocycles. The van der Waals surface area contributed by atoms with Crippen molar-refractivity contribution in [2.45, 2.75) is 51.1 Å². The smallest absolute Gasteiger partial charge is 0.270 e. The predicted molar refractivity (Wildman–Crippen MR) is 129 cm³/mol. The lowest BCUT2D eigenvalue weighted by Crippen LogP contribution is -2.49. The van der Waals surface area contributed by atoms with Gasteiger partial charge in [0, 0.05) is 24.0 Å². The van der Waals surface area contributed by atoms with E-state index in [1.165, 1.54) is 17.7 Å². The molecule has 0 radical (unpaired) electrons. The molecule has 10 heteroatoms. The molecule has 9 nitrogen and oxygen atoms in total. The summed E-state index contributed by atoms with van der Waals surface area (Å²) in [4.78, 5) is 50.8. The van der Waals surface area contributed by atoms with E-state index >= 15 is 0 Å². The first-order valence-electron chi connectivity index (χ1n) is 11.9. The van der Waals surface area contributed by atoms with Crippen molar-refractivity contribution in [1.82, 2.24) is 24.8 Å². The van der Waals surface area contributed by atoms with Gasteiger partial charge in [-0.2, -0.15) is 5.26 Å². The number of carbonyl (C=O) groups excluding carboxylic acids is 2. The van der Waals surface area contributed by atoms with Gasteiger partial charge >= 0.3 is 0 Å². The van der Waals surface area contributed by atoms with Crippen LogP contribution in [0.4, 0.5) is 0 Å². The number of pyridine rings is 1. The van der Waals surface area contributed by atoms with E-state index < -0.39 is 5.66 Å². The van der Waals surface area contributed by atoms with E-state index in [1.807, 2.05) is 19.1 Å². The van der Waals surface area contributed by atoms with Crippen LogP contribution < -0.4 is 10.9 Å². The Hall–Kier alpha value is -3.58. The van der Waals surface area contributed by atoms with E-state index in [9.17, 15) is 14.4 Å². The normalized spacial score (nSPS) is 18.5. The molecule has 2 amide bonds. The van der Waals surface area contributed by atoms with Gasteiger partial charge in [0.15, 0.2) is 0 Å². The number of likely N-dealkylation sites (tertiary alicyclic amines) is 1. The summed E-state index contributed by atoms with van der Waals surface area (Å²) in [7, 11) is 0. The molecule has 178 valence electrons. The SMILES string of the molecule is Cc1cc(CCc2ncnc3sc(C(=O)N4CC(C#N)C4)cc23)c(=O)n2c1C(=O)NC21CCCC1. The fraction of sp³-hybridized carbons (Fsp3) is 0.440. The number of rotatable bonds is 4. The highest BCUT2D eigenvalue weighted by molar-refractivity contribution is 7.20. The first-order chi connectivity index (χ1) is 16.9. The first kappa shape index (κ1) is 21.9. The zero-order valence-corrected chi connectivity index (χ0v) is 20.2. The molecule has 1 saturated carbocycles. The maximum atomic E-state index is 13.5. The van der Waals surface area contributed by atoms with Crippen molar-refractivity contribution in [2.75, 3.05) is 13.1 Å². The van der Waals surface area contributed by atoms with Crippen LogP contribution in [0.1, 0.15) is 62.7 Å². The van der Waals surface area contributed by atoms with Crippen molar-refractivity contribution in [3.63, 3.8) is 0 Å². The van der Waals surface area contributed by atoms with Crippen LogP contribution in [0.2, 0.25) is 0 Å². The van der Waals surface area contributed by atoms with Crippen LogP contribution in [-0.2, 0) is 18.5 Å². The van der Waals surface area contributed by atoms with Gasteiger partial charge in [0.05, 0.1) is 22.6 Å². The minimum Gasteiger partial charge on any atom is -0.335 e. The summed E-state index contributed by atoms with van der Waals surface area (Å²) in [6, 6.07) is 5.84. The molecule has 0 unspecified atom stereocenters. The third-order valence-corrected chi connectivity index (χ3v) is 8.52. The molecule has 1 N–H and O–H groups in total. The number of nitrogens with zero attached hydrogens (tertiary/aromatic N) is 5. The number of aryl methyl sites for hydroxylation is 3. The van der Waals surface area contributed by atoms with Gasteiger partial charge in [-0.1, -0.05) is 0 Å². The molecule has 3 aromatic heterocycles. The number of hydrogen-bond acceptors (Lipinski definition) is 7. The van der Waals surface area contributed by atoms with Crippen LogP contribution in [0, 0.1) is 24.2 Å². The molecule has 1 saturated heterocycles. The molecule has 3 aromatic rings. The fourth-order valence-corrected chi connectivity index (χ4v) is 6.65. The van der Waals surface area contributed by atoms with Gasteiger partial charge in [-0.25, -0.2) is 9.97 Å². The summed E-state index contributed by atoms with van der Waals surface area (Å²) in [6.07, 6.45) is 6.02. The van der Waals surface area contributed by atoms with Crippen LogP contribution >= 0.6 is 11.3 Å². The molecule has 35 heavy (non-hydrogen) atoms. The standard InChI is InChI=1S/C25H24N6O3S/c1-14-8-16(23(33)31-20(14)21(32)29-25(31)6-2-3-7-25)4-5-18-17-9-19(35-22(17)28-13-27-18)24(34)30-11-15(10-26)12-30/h8-9,13,15H,2-7,11-12H2,1H3,(H,29,32). The van der Waals surface area contributed by atoms with Crippen molar-refractivity contribution in [1.29, 1.82) is 5.26 Å². The monoisotopic (exact) mass is 488 g/mol. The Morgan fingerprint density at radius 1 is 1.23 bits per heavy atom. The number of carbonyl (C=O) groups is 2. The van der Waals surface area contributed by atoms with Gasteiger partial charge in [0.1, 0.15) is 22.5 Å². The average molecular weight is 489 g/mol. The Kier molecular flexibility index (Phi) is 5.00. The number of amides is 2. The van der Waals surface area contributed by atoms with Crippen LogP contribution in [0.25, 0.3) is 10.2 Å². The summed E-state index contributed by atoms with van der Waals surface area (Å²) in [5.41, 5.74) is 2.04. The number of fused-ring (bicyclic) bond motifs is 3. The zero-order valence-electron chi connectivity index (χ0n) is 19.3. The molecule has 3 aliphatic rings. The lowest BCUT2D eigenvalue weighted by Gasteiger charge is -2.34. The molecule has 1 aliphatic carbocycles. The van der Waals surface area contributed by atoms with E-state index in [1.54, 1.807) is 9.47 Å². The van der Waals surface area contributed by atoms with Gasteiger partial charge in [0.2, 0.25) is 0 Å². The van der Waals surface area contributed by atoms with Crippen LogP contribution in [0.15, 0.2) is 23.3 Å². The molecule has 0 atom stereocenters. The van der Waals surface area contributed by atoms with Crippen molar-refractivity contribution in [2.24, 2.45) is 5.92 Å². The second kappa shape index (κ2) is 7.99. The van der Waals surface area contributed by atoms with Crippen LogP contribution in [-0.4, -0.2) is 44.3 Å². The molecule has 6 rings (SSSR count).